The number of aliphatic imine (C=N–C) groups is 1. The first-order valence-corrected chi connectivity index (χ1v) is 10.2. The molecule has 1 fully saturated rings. The van der Waals surface area contributed by atoms with Gasteiger partial charge in [-0.15, -0.1) is 0 Å². The number of ether oxygens (including phenoxy) is 1. The lowest BCUT2D eigenvalue weighted by molar-refractivity contribution is -0.132. The Balaban J connectivity index is 1.43. The molecule has 0 spiro atoms. The van der Waals surface area contributed by atoms with Gasteiger partial charge >= 0.3 is 0 Å². The average molecular weight is 364 g/mol. The van der Waals surface area contributed by atoms with Crippen LogP contribution in [0.2, 0.25) is 0 Å². The lowest BCUT2D eigenvalue weighted by Crippen LogP contribution is -2.38. The second-order valence-corrected chi connectivity index (χ2v) is 7.88. The molecule has 1 aromatic rings. The summed E-state index contributed by atoms with van der Waals surface area (Å²) in [6.07, 6.45) is 2.78. The van der Waals surface area contributed by atoms with Crippen LogP contribution in [0, 0.1) is 0 Å². The average Bonchev–Trinajstić information content (AvgIpc) is 3.34. The summed E-state index contributed by atoms with van der Waals surface area (Å²) in [6, 6.07) is 2.09. The summed E-state index contributed by atoms with van der Waals surface area (Å²) in [7, 11) is 0. The molecule has 4 heterocycles. The Morgan fingerprint density at radius 1 is 1.50 bits per heavy atom. The number of thiophene rings is 1. The molecule has 1 atom stereocenters. The van der Waals surface area contributed by atoms with Gasteiger partial charge in [0.25, 0.3) is 0 Å². The molecule has 0 aliphatic carbocycles. The van der Waals surface area contributed by atoms with Crippen LogP contribution in [0.3, 0.4) is 0 Å². The quantitative estimate of drug-likeness (QED) is 0.780. The van der Waals surface area contributed by atoms with Crippen molar-refractivity contribution in [3.05, 3.63) is 33.5 Å². The zero-order valence-electron chi connectivity index (χ0n) is 13.5. The molecule has 3 aliphatic rings. The Hall–Kier alpha value is -1.31. The van der Waals surface area contributed by atoms with Crippen LogP contribution >= 0.6 is 23.1 Å². The van der Waals surface area contributed by atoms with Gasteiger partial charge in [-0.05, 0) is 40.6 Å². The fraction of sp³-hybridized carbons (Fsp3) is 0.529. The third-order valence-electron chi connectivity index (χ3n) is 4.54. The van der Waals surface area contributed by atoms with Crippen LogP contribution in [-0.2, 0) is 16.1 Å². The molecule has 3 aliphatic heterocycles. The highest BCUT2D eigenvalue weighted by Gasteiger charge is 2.30. The summed E-state index contributed by atoms with van der Waals surface area (Å²) in [5.41, 5.74) is 2.29. The Bertz CT molecular complexity index is 651. The third-order valence-corrected chi connectivity index (χ3v) is 6.22. The van der Waals surface area contributed by atoms with E-state index in [1.165, 1.54) is 5.56 Å². The highest BCUT2D eigenvalue weighted by molar-refractivity contribution is 8.16. The van der Waals surface area contributed by atoms with Gasteiger partial charge in [0.2, 0.25) is 5.91 Å². The highest BCUT2D eigenvalue weighted by Crippen LogP contribution is 2.31. The minimum atomic E-state index is 0.178. The number of carbonyl (C=O) groups excluding carboxylic acids is 1. The molecule has 1 unspecified atom stereocenters. The first-order chi connectivity index (χ1) is 11.8. The molecule has 4 rings (SSSR count). The summed E-state index contributed by atoms with van der Waals surface area (Å²) < 4.78 is 5.75. The van der Waals surface area contributed by atoms with Crippen LogP contribution in [0.5, 0.6) is 0 Å². The number of carbonyl (C=O) groups is 1. The first-order valence-electron chi connectivity index (χ1n) is 8.38. The minimum Gasteiger partial charge on any atom is -0.376 e. The van der Waals surface area contributed by atoms with Crippen molar-refractivity contribution >= 4 is 34.2 Å². The van der Waals surface area contributed by atoms with E-state index in [2.05, 4.69) is 32.1 Å². The Morgan fingerprint density at radius 3 is 3.25 bits per heavy atom. The lowest BCUT2D eigenvalue weighted by Gasteiger charge is -2.26. The molecule has 1 saturated heterocycles. The van der Waals surface area contributed by atoms with Crippen molar-refractivity contribution in [3.63, 3.8) is 0 Å². The predicted octanol–water partition coefficient (Wildman–Crippen LogP) is 2.91. The third kappa shape index (κ3) is 3.53. The van der Waals surface area contributed by atoms with Crippen molar-refractivity contribution in [3.8, 4) is 0 Å². The first kappa shape index (κ1) is 16.2. The Labute approximate surface area is 150 Å². The van der Waals surface area contributed by atoms with Gasteiger partial charge in [-0.3, -0.25) is 9.79 Å². The number of thioether (sulfide) groups is 1. The standard InChI is InChI=1S/C17H21N3O2S2/c21-16(8-14-12-24-17-18-4-5-20(14)17)19(9-13-3-7-23-11-13)10-15-2-1-6-22-15/h3,7,11-12,15H,1-2,4-6,8-10H2. The van der Waals surface area contributed by atoms with Crippen LogP contribution in [-0.4, -0.2) is 53.2 Å². The van der Waals surface area contributed by atoms with Crippen molar-refractivity contribution in [1.29, 1.82) is 0 Å². The van der Waals surface area contributed by atoms with E-state index in [1.54, 1.807) is 23.1 Å². The van der Waals surface area contributed by atoms with E-state index in [0.717, 1.165) is 43.4 Å². The van der Waals surface area contributed by atoms with Crippen LogP contribution in [0.4, 0.5) is 0 Å². The van der Waals surface area contributed by atoms with Crippen LogP contribution < -0.4 is 0 Å². The van der Waals surface area contributed by atoms with Crippen molar-refractivity contribution < 1.29 is 9.53 Å². The largest absolute Gasteiger partial charge is 0.376 e. The molecule has 1 amide bonds. The number of amides is 1. The Kier molecular flexibility index (Phi) is 4.91. The van der Waals surface area contributed by atoms with Gasteiger partial charge in [0.05, 0.1) is 19.1 Å². The van der Waals surface area contributed by atoms with Gasteiger partial charge in [0.15, 0.2) is 5.17 Å². The maximum Gasteiger partial charge on any atom is 0.228 e. The Morgan fingerprint density at radius 2 is 2.46 bits per heavy atom. The minimum absolute atomic E-state index is 0.178. The van der Waals surface area contributed by atoms with Crippen molar-refractivity contribution in [2.45, 2.75) is 31.9 Å². The van der Waals surface area contributed by atoms with Gasteiger partial charge in [-0.1, -0.05) is 11.8 Å². The molecule has 7 heteroatoms. The monoisotopic (exact) mass is 363 g/mol. The van der Waals surface area contributed by atoms with Crippen LogP contribution in [0.15, 0.2) is 32.9 Å². The second-order valence-electron chi connectivity index (χ2n) is 6.26. The zero-order valence-corrected chi connectivity index (χ0v) is 15.2. The molecule has 0 bridgehead atoms. The summed E-state index contributed by atoms with van der Waals surface area (Å²) in [5, 5.41) is 7.30. The summed E-state index contributed by atoms with van der Waals surface area (Å²) in [5.74, 6) is 0.178. The van der Waals surface area contributed by atoms with E-state index in [9.17, 15) is 4.79 Å². The molecular weight excluding hydrogens is 342 g/mol. The molecule has 24 heavy (non-hydrogen) atoms. The number of hydrogen-bond donors (Lipinski definition) is 0. The maximum absolute atomic E-state index is 13.0. The van der Waals surface area contributed by atoms with Crippen LogP contribution in [0.1, 0.15) is 24.8 Å². The molecule has 1 aromatic heterocycles. The molecule has 128 valence electrons. The fourth-order valence-electron chi connectivity index (χ4n) is 3.27. The normalized spacial score (nSPS) is 22.5. The summed E-state index contributed by atoms with van der Waals surface area (Å²) >= 11 is 3.31. The zero-order chi connectivity index (χ0) is 16.4. The lowest BCUT2D eigenvalue weighted by atomic mass is 10.2. The van der Waals surface area contributed by atoms with Crippen molar-refractivity contribution in [2.24, 2.45) is 4.99 Å². The van der Waals surface area contributed by atoms with E-state index in [0.29, 0.717) is 19.5 Å². The number of rotatable bonds is 6. The van der Waals surface area contributed by atoms with Gasteiger partial charge in [0, 0.05) is 31.9 Å². The molecular formula is C17H21N3O2S2. The number of fused-ring (bicyclic) bond motifs is 1. The van der Waals surface area contributed by atoms with Gasteiger partial charge in [-0.2, -0.15) is 11.3 Å². The SMILES string of the molecule is O=C(CC1=CSC2=NCCN12)N(Cc1ccsc1)CC1CCCO1. The van der Waals surface area contributed by atoms with E-state index in [4.69, 9.17) is 4.74 Å². The summed E-state index contributed by atoms with van der Waals surface area (Å²) in [6.45, 7) is 3.92. The maximum atomic E-state index is 13.0. The predicted molar refractivity (Wildman–Crippen MR) is 98.0 cm³/mol. The van der Waals surface area contributed by atoms with E-state index in [1.807, 2.05) is 4.90 Å². The van der Waals surface area contributed by atoms with Gasteiger partial charge in [-0.25, -0.2) is 0 Å². The van der Waals surface area contributed by atoms with Crippen molar-refractivity contribution in [2.75, 3.05) is 26.2 Å². The molecule has 0 N–H and O–H groups in total. The second kappa shape index (κ2) is 7.29. The number of amidine groups is 1. The molecule has 0 aromatic carbocycles. The highest BCUT2D eigenvalue weighted by atomic mass is 32.2. The number of nitrogens with zero attached hydrogens (tertiary/aromatic N) is 3. The van der Waals surface area contributed by atoms with E-state index >= 15 is 0 Å². The molecule has 0 radical (unpaired) electrons. The van der Waals surface area contributed by atoms with Gasteiger partial charge in [0.1, 0.15) is 0 Å². The summed E-state index contributed by atoms with van der Waals surface area (Å²) in [4.78, 5) is 21.6. The van der Waals surface area contributed by atoms with E-state index < -0.39 is 0 Å². The topological polar surface area (TPSA) is 45.1 Å². The molecule has 5 nitrogen and oxygen atoms in total. The van der Waals surface area contributed by atoms with Crippen LogP contribution in [0.25, 0.3) is 0 Å². The van der Waals surface area contributed by atoms with Gasteiger partial charge < -0.3 is 14.5 Å². The fourth-order valence-corrected chi connectivity index (χ4v) is 4.89. The molecule has 0 saturated carbocycles. The number of hydrogen-bond acceptors (Lipinski definition) is 6. The van der Waals surface area contributed by atoms with Crippen molar-refractivity contribution in [1.82, 2.24) is 9.80 Å². The van der Waals surface area contributed by atoms with E-state index in [-0.39, 0.29) is 12.0 Å². The smallest absolute Gasteiger partial charge is 0.228 e.